The van der Waals surface area contributed by atoms with Crippen molar-refractivity contribution in [2.45, 2.75) is 38.6 Å². The first-order chi connectivity index (χ1) is 13.5. The number of hydrogen-bond donors (Lipinski definition) is 2. The van der Waals surface area contributed by atoms with E-state index in [1.165, 1.54) is 6.33 Å². The second-order valence-corrected chi connectivity index (χ2v) is 6.93. The van der Waals surface area contributed by atoms with Crippen molar-refractivity contribution in [3.05, 3.63) is 51.3 Å². The molecule has 1 aliphatic heterocycles. The van der Waals surface area contributed by atoms with Gasteiger partial charge in [0.2, 0.25) is 11.6 Å². The molecule has 28 heavy (non-hydrogen) atoms. The number of halogens is 1. The minimum atomic E-state index is -0.520. The Hall–Kier alpha value is -2.94. The van der Waals surface area contributed by atoms with Gasteiger partial charge in [-0.3, -0.25) is 25.8 Å². The van der Waals surface area contributed by atoms with Crippen LogP contribution in [0.2, 0.25) is 5.02 Å². The molecule has 1 atom stereocenters. The van der Waals surface area contributed by atoms with E-state index in [-0.39, 0.29) is 23.4 Å². The van der Waals surface area contributed by atoms with Gasteiger partial charge in [-0.15, -0.1) is 0 Å². The third-order valence-corrected chi connectivity index (χ3v) is 5.01. The Kier molecular flexibility index (Phi) is 6.25. The Morgan fingerprint density at radius 2 is 2.07 bits per heavy atom. The Bertz CT molecular complexity index is 861. The molecule has 3 rings (SSSR count). The average Bonchev–Trinajstić information content (AvgIpc) is 2.72. The van der Waals surface area contributed by atoms with Gasteiger partial charge in [0.1, 0.15) is 6.33 Å². The van der Waals surface area contributed by atoms with Crippen molar-refractivity contribution in [1.29, 1.82) is 0 Å². The fourth-order valence-corrected chi connectivity index (χ4v) is 3.46. The Morgan fingerprint density at radius 3 is 2.75 bits per heavy atom. The van der Waals surface area contributed by atoms with Crippen molar-refractivity contribution in [3.63, 3.8) is 0 Å². The number of hydrazine groups is 1. The lowest BCUT2D eigenvalue weighted by atomic mass is 10.00. The van der Waals surface area contributed by atoms with Crippen LogP contribution in [0.25, 0.3) is 0 Å². The highest BCUT2D eigenvalue weighted by atomic mass is 35.5. The van der Waals surface area contributed by atoms with E-state index >= 15 is 0 Å². The van der Waals surface area contributed by atoms with Gasteiger partial charge >= 0.3 is 5.69 Å². The topological polar surface area (TPSA) is 113 Å². The third kappa shape index (κ3) is 4.30. The van der Waals surface area contributed by atoms with Crippen molar-refractivity contribution in [1.82, 2.24) is 15.4 Å². The number of benzene rings is 1. The molecule has 0 aliphatic carbocycles. The molecule has 1 aliphatic rings. The lowest BCUT2D eigenvalue weighted by Gasteiger charge is -2.35. The summed E-state index contributed by atoms with van der Waals surface area (Å²) in [6.07, 6.45) is 5.15. The molecular formula is C18H21ClN6O3. The lowest BCUT2D eigenvalue weighted by molar-refractivity contribution is -0.383. The standard InChI is InChI=1S/C18H21ClN6O3/c1-2-14-5-3-4-10-24(14)17-15(25(27)28)16(20-11-21-17)22-23-18(26)12-6-8-13(19)9-7-12/h6-9,11,14H,2-5,10H2,1H3,(H,23,26)(H,20,21,22). The van der Waals surface area contributed by atoms with Crippen molar-refractivity contribution >= 4 is 34.8 Å². The van der Waals surface area contributed by atoms with Crippen LogP contribution in [0.3, 0.4) is 0 Å². The van der Waals surface area contributed by atoms with E-state index in [4.69, 9.17) is 11.6 Å². The van der Waals surface area contributed by atoms with Gasteiger partial charge in [0.15, 0.2) is 0 Å². The van der Waals surface area contributed by atoms with Gasteiger partial charge in [0.05, 0.1) is 4.92 Å². The molecule has 0 saturated carbocycles. The fourth-order valence-electron chi connectivity index (χ4n) is 3.33. The number of nitrogens with zero attached hydrogens (tertiary/aromatic N) is 4. The summed E-state index contributed by atoms with van der Waals surface area (Å²) < 4.78 is 0. The molecule has 9 nitrogen and oxygen atoms in total. The van der Waals surface area contributed by atoms with E-state index in [0.717, 1.165) is 25.7 Å². The van der Waals surface area contributed by atoms with Crippen LogP contribution in [-0.2, 0) is 0 Å². The number of aromatic nitrogens is 2. The number of carbonyl (C=O) groups excluding carboxylic acids is 1. The summed E-state index contributed by atoms with van der Waals surface area (Å²) in [5.74, 6) is -0.247. The minimum Gasteiger partial charge on any atom is -0.348 e. The maximum absolute atomic E-state index is 12.3. The van der Waals surface area contributed by atoms with E-state index in [9.17, 15) is 14.9 Å². The molecule has 2 heterocycles. The first kappa shape index (κ1) is 19.8. The number of hydrogen-bond acceptors (Lipinski definition) is 7. The second-order valence-electron chi connectivity index (χ2n) is 6.49. The average molecular weight is 405 g/mol. The summed E-state index contributed by atoms with van der Waals surface area (Å²) in [5.41, 5.74) is 5.11. The predicted octanol–water partition coefficient (Wildman–Crippen LogP) is 3.56. The van der Waals surface area contributed by atoms with Crippen molar-refractivity contribution in [2.75, 3.05) is 16.9 Å². The first-order valence-electron chi connectivity index (χ1n) is 9.09. The number of carbonyl (C=O) groups is 1. The van der Waals surface area contributed by atoms with Gasteiger partial charge in [-0.1, -0.05) is 18.5 Å². The second kappa shape index (κ2) is 8.83. The number of piperidine rings is 1. The Labute approximate surface area is 167 Å². The summed E-state index contributed by atoms with van der Waals surface area (Å²) in [6, 6.07) is 6.47. The van der Waals surface area contributed by atoms with Crippen LogP contribution in [0, 0.1) is 10.1 Å². The number of anilines is 2. The zero-order valence-corrected chi connectivity index (χ0v) is 16.1. The van der Waals surface area contributed by atoms with Crippen LogP contribution >= 0.6 is 11.6 Å². The SMILES string of the molecule is CCC1CCCCN1c1ncnc(NNC(=O)c2ccc(Cl)cc2)c1[N+](=O)[O-]. The van der Waals surface area contributed by atoms with Gasteiger partial charge in [0.25, 0.3) is 5.91 Å². The Balaban J connectivity index is 1.84. The van der Waals surface area contributed by atoms with Crippen LogP contribution in [0.15, 0.2) is 30.6 Å². The maximum Gasteiger partial charge on any atom is 0.355 e. The summed E-state index contributed by atoms with van der Waals surface area (Å²) in [5, 5.41) is 12.3. The van der Waals surface area contributed by atoms with E-state index in [1.54, 1.807) is 24.3 Å². The fraction of sp³-hybridized carbons (Fsp3) is 0.389. The van der Waals surface area contributed by atoms with Crippen molar-refractivity contribution in [3.8, 4) is 0 Å². The largest absolute Gasteiger partial charge is 0.355 e. The number of nitrogens with one attached hydrogen (secondary N) is 2. The predicted molar refractivity (Wildman–Crippen MR) is 107 cm³/mol. The molecule has 10 heteroatoms. The molecule has 0 bridgehead atoms. The number of rotatable bonds is 6. The van der Waals surface area contributed by atoms with Gasteiger partial charge in [0, 0.05) is 23.2 Å². The molecule has 2 N–H and O–H groups in total. The van der Waals surface area contributed by atoms with E-state index in [1.807, 2.05) is 4.90 Å². The van der Waals surface area contributed by atoms with Gasteiger partial charge < -0.3 is 4.90 Å². The molecule has 1 unspecified atom stereocenters. The van der Waals surface area contributed by atoms with Crippen molar-refractivity contribution in [2.24, 2.45) is 0 Å². The summed E-state index contributed by atoms with van der Waals surface area (Å²) >= 11 is 5.82. The van der Waals surface area contributed by atoms with E-state index in [2.05, 4.69) is 27.7 Å². The normalized spacial score (nSPS) is 16.5. The van der Waals surface area contributed by atoms with Crippen LogP contribution in [0.4, 0.5) is 17.3 Å². The third-order valence-electron chi connectivity index (χ3n) is 4.76. The molecule has 148 valence electrons. The molecule has 0 radical (unpaired) electrons. The number of amides is 1. The van der Waals surface area contributed by atoms with E-state index < -0.39 is 10.8 Å². The molecule has 1 fully saturated rings. The molecule has 1 saturated heterocycles. The molecule has 1 aromatic carbocycles. The monoisotopic (exact) mass is 404 g/mol. The van der Waals surface area contributed by atoms with Crippen LogP contribution in [0.1, 0.15) is 43.0 Å². The van der Waals surface area contributed by atoms with Gasteiger partial charge in [-0.05, 0) is 49.9 Å². The quantitative estimate of drug-likeness (QED) is 0.558. The smallest absolute Gasteiger partial charge is 0.348 e. The van der Waals surface area contributed by atoms with Crippen LogP contribution in [-0.4, -0.2) is 33.4 Å². The molecular weight excluding hydrogens is 384 g/mol. The highest BCUT2D eigenvalue weighted by Crippen LogP contribution is 2.35. The Morgan fingerprint density at radius 1 is 1.32 bits per heavy atom. The summed E-state index contributed by atoms with van der Waals surface area (Å²) in [7, 11) is 0. The van der Waals surface area contributed by atoms with E-state index in [0.29, 0.717) is 17.1 Å². The zero-order chi connectivity index (χ0) is 20.1. The minimum absolute atomic E-state index is 0.0576. The van der Waals surface area contributed by atoms with Crippen molar-refractivity contribution < 1.29 is 9.72 Å². The molecule has 1 aromatic heterocycles. The summed E-state index contributed by atoms with van der Waals surface area (Å²) in [4.78, 5) is 33.6. The molecule has 1 amide bonds. The molecule has 0 spiro atoms. The maximum atomic E-state index is 12.3. The zero-order valence-electron chi connectivity index (χ0n) is 15.4. The summed E-state index contributed by atoms with van der Waals surface area (Å²) in [6.45, 7) is 2.76. The highest BCUT2D eigenvalue weighted by Gasteiger charge is 2.32. The first-order valence-corrected chi connectivity index (χ1v) is 9.47. The van der Waals surface area contributed by atoms with Gasteiger partial charge in [-0.2, -0.15) is 0 Å². The molecule has 2 aromatic rings. The highest BCUT2D eigenvalue weighted by molar-refractivity contribution is 6.30. The lowest BCUT2D eigenvalue weighted by Crippen LogP contribution is -2.40. The van der Waals surface area contributed by atoms with Crippen LogP contribution < -0.4 is 15.8 Å². The number of nitro groups is 1. The van der Waals surface area contributed by atoms with Gasteiger partial charge in [-0.25, -0.2) is 9.97 Å². The van der Waals surface area contributed by atoms with Crippen LogP contribution in [0.5, 0.6) is 0 Å².